The summed E-state index contributed by atoms with van der Waals surface area (Å²) >= 11 is 0. The van der Waals surface area contributed by atoms with E-state index >= 15 is 0 Å². The summed E-state index contributed by atoms with van der Waals surface area (Å²) in [6.45, 7) is 0. The Morgan fingerprint density at radius 1 is 0.391 bits per heavy atom. The third kappa shape index (κ3) is 6.33. The fourth-order valence-electron chi connectivity index (χ4n) is 5.46. The van der Waals surface area contributed by atoms with Crippen LogP contribution in [0, 0.1) is 0 Å². The molecule has 6 nitrogen and oxygen atoms in total. The molecule has 6 aromatic rings. The van der Waals surface area contributed by atoms with Gasteiger partial charge in [0.1, 0.15) is 0 Å². The van der Waals surface area contributed by atoms with Crippen LogP contribution in [-0.4, -0.2) is 38.4 Å². The molecule has 0 aliphatic heterocycles. The summed E-state index contributed by atoms with van der Waals surface area (Å²) in [5, 5.41) is 6.73. The number of aromatic nitrogens is 2. The first-order chi connectivity index (χ1) is 22.7. The third-order valence-electron chi connectivity index (χ3n) is 7.48. The minimum absolute atomic E-state index is 0.427. The van der Waals surface area contributed by atoms with Crippen LogP contribution in [0.5, 0.6) is 23.5 Å². The lowest BCUT2D eigenvalue weighted by Gasteiger charge is -2.28. The maximum absolute atomic E-state index is 6.12. The van der Waals surface area contributed by atoms with Crippen LogP contribution < -0.4 is 50.8 Å². The molecule has 4 aromatic carbocycles. The maximum Gasteiger partial charge on any atom is 0.225 e. The van der Waals surface area contributed by atoms with E-state index in [4.69, 9.17) is 28.9 Å². The predicted octanol–water partition coefficient (Wildman–Crippen LogP) is 5.69. The van der Waals surface area contributed by atoms with Crippen molar-refractivity contribution >= 4 is 47.7 Å². The summed E-state index contributed by atoms with van der Waals surface area (Å²) in [6.07, 6.45) is 0. The molecule has 0 spiro atoms. The normalized spacial score (nSPS) is 11.0. The first-order valence-corrected chi connectivity index (χ1v) is 17.4. The minimum atomic E-state index is -1.11. The summed E-state index contributed by atoms with van der Waals surface area (Å²) < 4.78 is 23.8. The second-order valence-electron chi connectivity index (χ2n) is 10.1. The Morgan fingerprint density at radius 3 is 0.913 bits per heavy atom. The molecular weight excluding hydrogens is 610 g/mol. The van der Waals surface area contributed by atoms with Crippen molar-refractivity contribution in [1.29, 1.82) is 0 Å². The molecular formula is C38H34N2O4P2. The second-order valence-corrected chi connectivity index (χ2v) is 14.5. The van der Waals surface area contributed by atoms with Crippen molar-refractivity contribution in [3.05, 3.63) is 133 Å². The molecule has 6 rings (SSSR count). The van der Waals surface area contributed by atoms with Gasteiger partial charge in [-0.15, -0.1) is 0 Å². The minimum Gasteiger partial charge on any atom is -0.481 e. The first kappa shape index (κ1) is 31.2. The fraction of sp³-hybridized carbons (Fsp3) is 0.105. The molecule has 0 N–H and O–H groups in total. The van der Waals surface area contributed by atoms with E-state index in [2.05, 4.69) is 97.1 Å². The Balaban J connectivity index is 1.76. The van der Waals surface area contributed by atoms with E-state index in [9.17, 15) is 0 Å². The van der Waals surface area contributed by atoms with E-state index in [1.54, 1.807) is 28.4 Å². The standard InChI is InChI=1S/C38H34N2O4P2/c1-41-33-25-31(45(27-17-9-5-10-18-27)28-19-11-6-12-20-28)35(37(39-33)43-3)36-32(26-34(42-2)40-38(36)44-4)46(29-21-13-7-14-22-29)30-23-15-8-16-24-30/h5-26H,1-4H3. The summed E-state index contributed by atoms with van der Waals surface area (Å²) in [6, 6.07) is 46.2. The molecule has 0 aliphatic carbocycles. The third-order valence-corrected chi connectivity index (χ3v) is 12.4. The van der Waals surface area contributed by atoms with Crippen LogP contribution in [0.4, 0.5) is 0 Å². The zero-order chi connectivity index (χ0) is 31.9. The predicted molar refractivity (Wildman–Crippen MR) is 191 cm³/mol. The van der Waals surface area contributed by atoms with Gasteiger partial charge >= 0.3 is 0 Å². The van der Waals surface area contributed by atoms with Gasteiger partial charge in [-0.2, -0.15) is 9.97 Å². The smallest absolute Gasteiger partial charge is 0.225 e. The van der Waals surface area contributed by atoms with E-state index in [1.165, 1.54) is 21.2 Å². The summed E-state index contributed by atoms with van der Waals surface area (Å²) in [5.74, 6) is 1.78. The zero-order valence-corrected chi connectivity index (χ0v) is 27.9. The molecule has 2 aromatic heterocycles. The van der Waals surface area contributed by atoms with Crippen molar-refractivity contribution in [2.75, 3.05) is 28.4 Å². The van der Waals surface area contributed by atoms with Gasteiger partial charge in [-0.1, -0.05) is 121 Å². The van der Waals surface area contributed by atoms with E-state index < -0.39 is 15.8 Å². The van der Waals surface area contributed by atoms with E-state index in [-0.39, 0.29) is 0 Å². The van der Waals surface area contributed by atoms with Gasteiger partial charge in [-0.25, -0.2) is 0 Å². The topological polar surface area (TPSA) is 62.7 Å². The van der Waals surface area contributed by atoms with E-state index in [0.29, 0.717) is 23.5 Å². The van der Waals surface area contributed by atoms with Crippen LogP contribution in [-0.2, 0) is 0 Å². The second kappa shape index (κ2) is 14.6. The van der Waals surface area contributed by atoms with Crippen LogP contribution in [0.1, 0.15) is 0 Å². The number of benzene rings is 4. The Hall–Kier alpha value is -4.76. The summed E-state index contributed by atoms with van der Waals surface area (Å²) in [7, 11) is 4.32. The number of ether oxygens (including phenoxy) is 4. The van der Waals surface area contributed by atoms with Crippen LogP contribution >= 0.6 is 15.8 Å². The molecule has 0 aliphatic rings. The monoisotopic (exact) mass is 644 g/mol. The molecule has 0 bridgehead atoms. The largest absolute Gasteiger partial charge is 0.481 e. The van der Waals surface area contributed by atoms with Crippen molar-refractivity contribution in [3.63, 3.8) is 0 Å². The number of pyridine rings is 2. The van der Waals surface area contributed by atoms with Gasteiger partial charge < -0.3 is 18.9 Å². The Morgan fingerprint density at radius 2 is 0.674 bits per heavy atom. The molecule has 0 unspecified atom stereocenters. The van der Waals surface area contributed by atoms with Crippen molar-refractivity contribution in [1.82, 2.24) is 9.97 Å². The molecule has 0 saturated heterocycles. The molecule has 0 fully saturated rings. The van der Waals surface area contributed by atoms with Gasteiger partial charge in [0.05, 0.1) is 39.6 Å². The quantitative estimate of drug-likeness (QED) is 0.169. The van der Waals surface area contributed by atoms with Gasteiger partial charge in [-0.05, 0) is 37.1 Å². The molecule has 0 amide bonds. The lowest BCUT2D eigenvalue weighted by molar-refractivity contribution is 0.362. The SMILES string of the molecule is COc1cc(P(c2ccccc2)c2ccccc2)c(-c2c(P(c3ccccc3)c3ccccc3)cc(OC)nc2OC)c(OC)n1. The molecule has 0 atom stereocenters. The van der Waals surface area contributed by atoms with Gasteiger partial charge in [0.2, 0.25) is 23.5 Å². The molecule has 46 heavy (non-hydrogen) atoms. The Labute approximate surface area is 272 Å². The van der Waals surface area contributed by atoms with Crippen molar-refractivity contribution in [2.45, 2.75) is 0 Å². The molecule has 0 radical (unpaired) electrons. The number of hydrogen-bond donors (Lipinski definition) is 0. The maximum atomic E-state index is 6.12. The van der Waals surface area contributed by atoms with Crippen LogP contribution in [0.25, 0.3) is 11.1 Å². The highest BCUT2D eigenvalue weighted by molar-refractivity contribution is 7.80. The van der Waals surface area contributed by atoms with Crippen LogP contribution in [0.15, 0.2) is 133 Å². The Bertz CT molecular complexity index is 1670. The summed E-state index contributed by atoms with van der Waals surface area (Å²) in [4.78, 5) is 9.68. The molecule has 2 heterocycles. The lowest BCUT2D eigenvalue weighted by Crippen LogP contribution is -2.27. The van der Waals surface area contributed by atoms with Gasteiger partial charge in [0, 0.05) is 22.7 Å². The van der Waals surface area contributed by atoms with Gasteiger partial charge in [0.15, 0.2) is 0 Å². The number of hydrogen-bond acceptors (Lipinski definition) is 6. The fourth-order valence-corrected chi connectivity index (χ4v) is 10.4. The summed E-state index contributed by atoms with van der Waals surface area (Å²) in [5.41, 5.74) is 1.62. The average Bonchev–Trinajstić information content (AvgIpc) is 3.13. The van der Waals surface area contributed by atoms with Gasteiger partial charge in [-0.3, -0.25) is 0 Å². The molecule has 230 valence electrons. The van der Waals surface area contributed by atoms with Crippen LogP contribution in [0.3, 0.4) is 0 Å². The molecule has 8 heteroatoms. The van der Waals surface area contributed by atoms with Gasteiger partial charge in [0.25, 0.3) is 0 Å². The van der Waals surface area contributed by atoms with E-state index in [1.807, 2.05) is 36.4 Å². The number of nitrogens with zero attached hydrogens (tertiary/aromatic N) is 2. The number of rotatable bonds is 11. The van der Waals surface area contributed by atoms with Crippen molar-refractivity contribution in [3.8, 4) is 34.6 Å². The van der Waals surface area contributed by atoms with E-state index in [0.717, 1.165) is 21.7 Å². The Kier molecular flexibility index (Phi) is 9.88. The highest BCUT2D eigenvalue weighted by Gasteiger charge is 2.32. The van der Waals surface area contributed by atoms with Crippen LogP contribution in [0.2, 0.25) is 0 Å². The van der Waals surface area contributed by atoms with Crippen molar-refractivity contribution in [2.24, 2.45) is 0 Å². The number of methoxy groups -OCH3 is 4. The zero-order valence-electron chi connectivity index (χ0n) is 26.1. The average molecular weight is 645 g/mol. The highest BCUT2D eigenvalue weighted by Crippen LogP contribution is 2.47. The highest BCUT2D eigenvalue weighted by atomic mass is 31.1. The lowest BCUT2D eigenvalue weighted by atomic mass is 10.1. The van der Waals surface area contributed by atoms with Crippen molar-refractivity contribution < 1.29 is 18.9 Å². The first-order valence-electron chi connectivity index (χ1n) is 14.7. The molecule has 0 saturated carbocycles.